The van der Waals surface area contributed by atoms with E-state index in [0.717, 1.165) is 52.4 Å². The van der Waals surface area contributed by atoms with E-state index in [-0.39, 0.29) is 5.54 Å². The molecule has 0 aliphatic carbocycles. The van der Waals surface area contributed by atoms with Gasteiger partial charge < -0.3 is 9.64 Å². The first-order valence-corrected chi connectivity index (χ1v) is 9.83. The fourth-order valence-electron chi connectivity index (χ4n) is 4.28. The number of rotatable bonds is 5. The van der Waals surface area contributed by atoms with E-state index < -0.39 is 0 Å². The van der Waals surface area contributed by atoms with Gasteiger partial charge in [0, 0.05) is 31.4 Å². The second-order valence-electron chi connectivity index (χ2n) is 7.60. The molecular weight excluding hydrogens is 322 g/mol. The predicted molar refractivity (Wildman–Crippen MR) is 104 cm³/mol. The number of hydrogen-bond acceptors (Lipinski definition) is 4. The van der Waals surface area contributed by atoms with Gasteiger partial charge in [-0.25, -0.2) is 0 Å². The average molecular weight is 351 g/mol. The van der Waals surface area contributed by atoms with Crippen molar-refractivity contribution in [2.75, 3.05) is 39.4 Å². The van der Waals surface area contributed by atoms with Crippen molar-refractivity contribution in [3.8, 4) is 0 Å². The van der Waals surface area contributed by atoms with Crippen molar-refractivity contribution < 1.29 is 4.74 Å². The molecule has 4 rings (SSSR count). The molecule has 2 aliphatic heterocycles. The van der Waals surface area contributed by atoms with Crippen LogP contribution in [0.15, 0.2) is 54.7 Å². The number of benzene rings is 1. The van der Waals surface area contributed by atoms with Gasteiger partial charge in [-0.3, -0.25) is 9.88 Å². The Bertz CT molecular complexity index is 668. The molecule has 1 aromatic carbocycles. The average Bonchev–Trinajstić information content (AvgIpc) is 2.71. The Kier molecular flexibility index (Phi) is 5.63. The van der Waals surface area contributed by atoms with Gasteiger partial charge in [-0.2, -0.15) is 0 Å². The Hall–Kier alpha value is -1.75. The van der Waals surface area contributed by atoms with Crippen molar-refractivity contribution >= 4 is 0 Å². The normalized spacial score (nSPS) is 21.1. The highest BCUT2D eigenvalue weighted by atomic mass is 16.5. The van der Waals surface area contributed by atoms with Gasteiger partial charge in [-0.1, -0.05) is 36.4 Å². The third-order valence-electron chi connectivity index (χ3n) is 5.97. The lowest BCUT2D eigenvalue weighted by atomic mass is 9.85. The zero-order chi connectivity index (χ0) is 17.7. The van der Waals surface area contributed by atoms with Crippen LogP contribution in [0, 0.1) is 0 Å². The summed E-state index contributed by atoms with van der Waals surface area (Å²) in [5, 5.41) is 0. The molecule has 2 aromatic rings. The quantitative estimate of drug-likeness (QED) is 0.828. The predicted octanol–water partition coefficient (Wildman–Crippen LogP) is 2.99. The van der Waals surface area contributed by atoms with Crippen LogP contribution in [0.3, 0.4) is 0 Å². The summed E-state index contributed by atoms with van der Waals surface area (Å²) >= 11 is 0. The Morgan fingerprint density at radius 2 is 1.77 bits per heavy atom. The molecule has 3 heterocycles. The first-order valence-electron chi connectivity index (χ1n) is 9.83. The zero-order valence-corrected chi connectivity index (χ0v) is 15.5. The topological polar surface area (TPSA) is 28.6 Å². The molecule has 2 fully saturated rings. The van der Waals surface area contributed by atoms with Gasteiger partial charge >= 0.3 is 0 Å². The molecule has 2 saturated heterocycles. The maximum absolute atomic E-state index is 5.91. The molecule has 4 nitrogen and oxygen atoms in total. The van der Waals surface area contributed by atoms with Gasteiger partial charge in [-0.15, -0.1) is 0 Å². The van der Waals surface area contributed by atoms with E-state index in [1.165, 1.54) is 24.1 Å². The lowest BCUT2D eigenvalue weighted by Gasteiger charge is -2.51. The molecule has 0 saturated carbocycles. The van der Waals surface area contributed by atoms with Crippen molar-refractivity contribution in [1.82, 2.24) is 14.8 Å². The van der Waals surface area contributed by atoms with Crippen LogP contribution in [-0.2, 0) is 17.7 Å². The van der Waals surface area contributed by atoms with Gasteiger partial charge in [0.05, 0.1) is 18.9 Å². The molecule has 0 bridgehead atoms. The molecule has 0 radical (unpaired) electrons. The summed E-state index contributed by atoms with van der Waals surface area (Å²) in [4.78, 5) is 9.79. The van der Waals surface area contributed by atoms with Crippen LogP contribution >= 0.6 is 0 Å². The minimum absolute atomic E-state index is 0.193. The van der Waals surface area contributed by atoms with Crippen LogP contribution in [0.25, 0.3) is 0 Å². The summed E-state index contributed by atoms with van der Waals surface area (Å²) in [5.41, 5.74) is 2.80. The van der Waals surface area contributed by atoms with E-state index in [0.29, 0.717) is 0 Å². The summed E-state index contributed by atoms with van der Waals surface area (Å²) in [6.45, 7) is 7.14. The van der Waals surface area contributed by atoms with E-state index in [1.54, 1.807) is 0 Å². The molecule has 2 aliphatic rings. The van der Waals surface area contributed by atoms with Gasteiger partial charge in [0.25, 0.3) is 0 Å². The van der Waals surface area contributed by atoms with Crippen molar-refractivity contribution in [2.45, 2.75) is 31.3 Å². The highest BCUT2D eigenvalue weighted by Crippen LogP contribution is 2.32. The highest BCUT2D eigenvalue weighted by molar-refractivity contribution is 5.15. The van der Waals surface area contributed by atoms with Crippen LogP contribution in [0.5, 0.6) is 0 Å². The third kappa shape index (κ3) is 4.14. The smallest absolute Gasteiger partial charge is 0.0652 e. The minimum atomic E-state index is 0.193. The number of pyridine rings is 1. The number of nitrogens with zero attached hydrogens (tertiary/aromatic N) is 3. The fraction of sp³-hybridized carbons (Fsp3) is 0.500. The molecule has 0 N–H and O–H groups in total. The van der Waals surface area contributed by atoms with Crippen molar-refractivity contribution in [1.29, 1.82) is 0 Å². The Morgan fingerprint density at radius 1 is 0.962 bits per heavy atom. The lowest BCUT2D eigenvalue weighted by Crippen LogP contribution is -2.61. The summed E-state index contributed by atoms with van der Waals surface area (Å²) < 4.78 is 5.91. The van der Waals surface area contributed by atoms with Crippen LogP contribution in [0.4, 0.5) is 0 Å². The second-order valence-corrected chi connectivity index (χ2v) is 7.60. The number of morpholine rings is 1. The minimum Gasteiger partial charge on any atom is -0.378 e. The SMILES string of the molecule is c1ccc(CCN2CCC3(CC2)COCCN3Cc2ccccn2)cc1. The molecular formula is C22H29N3O. The number of hydrogen-bond donors (Lipinski definition) is 0. The molecule has 0 unspecified atom stereocenters. The van der Waals surface area contributed by atoms with Crippen molar-refractivity contribution in [2.24, 2.45) is 0 Å². The third-order valence-corrected chi connectivity index (χ3v) is 5.97. The van der Waals surface area contributed by atoms with E-state index >= 15 is 0 Å². The molecule has 138 valence electrons. The molecule has 1 aromatic heterocycles. The van der Waals surface area contributed by atoms with Crippen LogP contribution < -0.4 is 0 Å². The van der Waals surface area contributed by atoms with Gasteiger partial charge in [0.1, 0.15) is 0 Å². The Balaban J connectivity index is 1.34. The first-order chi connectivity index (χ1) is 12.8. The summed E-state index contributed by atoms with van der Waals surface area (Å²) in [5.74, 6) is 0. The largest absolute Gasteiger partial charge is 0.378 e. The summed E-state index contributed by atoms with van der Waals surface area (Å²) in [6.07, 6.45) is 5.42. The molecule has 1 spiro atoms. The lowest BCUT2D eigenvalue weighted by molar-refractivity contribution is -0.0991. The monoisotopic (exact) mass is 351 g/mol. The second kappa shape index (κ2) is 8.30. The van der Waals surface area contributed by atoms with Crippen LogP contribution in [0.2, 0.25) is 0 Å². The van der Waals surface area contributed by atoms with Crippen LogP contribution in [0.1, 0.15) is 24.1 Å². The summed E-state index contributed by atoms with van der Waals surface area (Å²) in [7, 11) is 0. The van der Waals surface area contributed by atoms with Gasteiger partial charge in [-0.05, 0) is 50.0 Å². The highest BCUT2D eigenvalue weighted by Gasteiger charge is 2.42. The van der Waals surface area contributed by atoms with E-state index in [2.05, 4.69) is 57.2 Å². The van der Waals surface area contributed by atoms with Gasteiger partial charge in [0.2, 0.25) is 0 Å². The fourth-order valence-corrected chi connectivity index (χ4v) is 4.28. The maximum Gasteiger partial charge on any atom is 0.0652 e. The van der Waals surface area contributed by atoms with E-state index in [4.69, 9.17) is 4.74 Å². The number of likely N-dealkylation sites (tertiary alicyclic amines) is 1. The first kappa shape index (κ1) is 17.7. The molecule has 26 heavy (non-hydrogen) atoms. The standard InChI is InChI=1S/C22H29N3O/c1-2-6-20(7-3-1)9-13-24-14-10-22(11-15-24)19-26-17-16-25(22)18-21-8-4-5-12-23-21/h1-8,12H,9-11,13-19H2. The molecule has 0 atom stereocenters. The Morgan fingerprint density at radius 3 is 2.54 bits per heavy atom. The zero-order valence-electron chi connectivity index (χ0n) is 15.5. The van der Waals surface area contributed by atoms with E-state index in [1.807, 2.05) is 12.3 Å². The Labute approximate surface area is 156 Å². The van der Waals surface area contributed by atoms with E-state index in [9.17, 15) is 0 Å². The van der Waals surface area contributed by atoms with Gasteiger partial charge in [0.15, 0.2) is 0 Å². The molecule has 4 heteroatoms. The van der Waals surface area contributed by atoms with Crippen molar-refractivity contribution in [3.63, 3.8) is 0 Å². The number of ether oxygens (including phenoxy) is 1. The summed E-state index contributed by atoms with van der Waals surface area (Å²) in [6, 6.07) is 17.0. The van der Waals surface area contributed by atoms with Crippen LogP contribution in [-0.4, -0.2) is 59.7 Å². The maximum atomic E-state index is 5.91. The number of aromatic nitrogens is 1. The number of piperidine rings is 1. The van der Waals surface area contributed by atoms with Crippen molar-refractivity contribution in [3.05, 3.63) is 66.0 Å². The molecule has 0 amide bonds.